The van der Waals surface area contributed by atoms with Crippen LogP contribution in [-0.4, -0.2) is 23.0 Å². The third-order valence-electron chi connectivity index (χ3n) is 4.45. The van der Waals surface area contributed by atoms with Crippen molar-refractivity contribution in [3.05, 3.63) is 71.5 Å². The molecule has 1 heterocycles. The van der Waals surface area contributed by atoms with Crippen LogP contribution >= 0.6 is 0 Å². The second-order valence-electron chi connectivity index (χ2n) is 6.23. The van der Waals surface area contributed by atoms with E-state index in [1.165, 1.54) is 11.1 Å². The van der Waals surface area contributed by atoms with Gasteiger partial charge in [0.1, 0.15) is 11.4 Å². The number of ether oxygens (including phenoxy) is 1. The van der Waals surface area contributed by atoms with E-state index in [0.717, 1.165) is 18.5 Å². The number of nitrogens with one attached hydrogen (secondary N) is 2. The van der Waals surface area contributed by atoms with Crippen molar-refractivity contribution in [2.45, 2.75) is 26.7 Å². The summed E-state index contributed by atoms with van der Waals surface area (Å²) in [6.07, 6.45) is 3.37. The summed E-state index contributed by atoms with van der Waals surface area (Å²) in [6, 6.07) is 15.0. The molecule has 0 aliphatic heterocycles. The Kier molecular flexibility index (Phi) is 6.22. The monoisotopic (exact) mass is 376 g/mol. The van der Waals surface area contributed by atoms with Crippen molar-refractivity contribution in [3.8, 4) is 5.75 Å². The fraction of sp³-hybridized carbons (Fsp3) is 0.227. The minimum absolute atomic E-state index is 0.285. The second-order valence-corrected chi connectivity index (χ2v) is 6.23. The molecule has 6 nitrogen and oxygen atoms in total. The van der Waals surface area contributed by atoms with Crippen LogP contribution in [0.3, 0.4) is 0 Å². The predicted molar refractivity (Wildman–Crippen MR) is 111 cm³/mol. The maximum atomic E-state index is 12.6. The summed E-state index contributed by atoms with van der Waals surface area (Å²) >= 11 is 0. The van der Waals surface area contributed by atoms with E-state index in [-0.39, 0.29) is 11.6 Å². The Bertz CT molecular complexity index is 950. The molecule has 1 aromatic heterocycles. The summed E-state index contributed by atoms with van der Waals surface area (Å²) in [5.74, 6) is 0.762. The lowest BCUT2D eigenvalue weighted by molar-refractivity contribution is 0.102. The summed E-state index contributed by atoms with van der Waals surface area (Å²) in [5, 5.41) is 6.13. The third-order valence-corrected chi connectivity index (χ3v) is 4.45. The maximum absolute atomic E-state index is 12.6. The van der Waals surface area contributed by atoms with Gasteiger partial charge < -0.3 is 15.4 Å². The molecule has 0 saturated heterocycles. The molecule has 2 aromatic carbocycles. The molecule has 0 radical (unpaired) electrons. The van der Waals surface area contributed by atoms with Crippen LogP contribution in [0.2, 0.25) is 0 Å². The number of para-hydroxylation sites is 1. The van der Waals surface area contributed by atoms with E-state index >= 15 is 0 Å². The van der Waals surface area contributed by atoms with Crippen LogP contribution in [0.1, 0.15) is 35.5 Å². The molecule has 0 saturated carbocycles. The topological polar surface area (TPSA) is 76.1 Å². The highest BCUT2D eigenvalue weighted by molar-refractivity contribution is 6.03. The molecule has 0 aliphatic carbocycles. The van der Waals surface area contributed by atoms with Crippen molar-refractivity contribution in [3.63, 3.8) is 0 Å². The van der Waals surface area contributed by atoms with Crippen LogP contribution in [0.4, 0.5) is 17.3 Å². The van der Waals surface area contributed by atoms with Crippen molar-refractivity contribution < 1.29 is 9.53 Å². The fourth-order valence-corrected chi connectivity index (χ4v) is 2.96. The Balaban J connectivity index is 1.82. The first kappa shape index (κ1) is 19.4. The number of rotatable bonds is 7. The number of amides is 1. The Hall–Kier alpha value is -3.41. The Morgan fingerprint density at radius 3 is 2.43 bits per heavy atom. The molecule has 6 heteroatoms. The van der Waals surface area contributed by atoms with Crippen molar-refractivity contribution in [2.75, 3.05) is 17.7 Å². The molecule has 2 N–H and O–H groups in total. The van der Waals surface area contributed by atoms with Crippen molar-refractivity contribution >= 4 is 23.2 Å². The molecule has 0 spiro atoms. The number of methoxy groups -OCH3 is 1. The molecular weight excluding hydrogens is 352 g/mol. The van der Waals surface area contributed by atoms with Gasteiger partial charge in [-0.1, -0.05) is 38.1 Å². The first-order chi connectivity index (χ1) is 13.6. The van der Waals surface area contributed by atoms with Gasteiger partial charge in [-0.25, -0.2) is 9.97 Å². The van der Waals surface area contributed by atoms with Crippen LogP contribution in [0.5, 0.6) is 5.75 Å². The van der Waals surface area contributed by atoms with Gasteiger partial charge in [0.2, 0.25) is 5.95 Å². The zero-order valence-electron chi connectivity index (χ0n) is 16.3. The molecule has 0 aliphatic rings. The minimum atomic E-state index is -0.307. The van der Waals surface area contributed by atoms with E-state index in [1.807, 2.05) is 12.1 Å². The van der Waals surface area contributed by atoms with E-state index in [2.05, 4.69) is 52.6 Å². The minimum Gasteiger partial charge on any atom is -0.497 e. The predicted octanol–water partition coefficient (Wildman–Crippen LogP) is 4.61. The van der Waals surface area contributed by atoms with Gasteiger partial charge in [-0.2, -0.15) is 0 Å². The Morgan fingerprint density at radius 2 is 1.75 bits per heavy atom. The third kappa shape index (κ3) is 4.46. The average Bonchev–Trinajstić information content (AvgIpc) is 2.74. The number of nitrogens with zero attached hydrogens (tertiary/aromatic N) is 2. The van der Waals surface area contributed by atoms with Gasteiger partial charge in [0, 0.05) is 23.6 Å². The lowest BCUT2D eigenvalue weighted by Crippen LogP contribution is -2.15. The van der Waals surface area contributed by atoms with Gasteiger partial charge in [0.15, 0.2) is 0 Å². The summed E-state index contributed by atoms with van der Waals surface area (Å²) < 4.78 is 5.18. The van der Waals surface area contributed by atoms with E-state index in [1.54, 1.807) is 31.5 Å². The lowest BCUT2D eigenvalue weighted by atomic mass is 10.0. The molecule has 0 atom stereocenters. The number of anilines is 3. The quantitative estimate of drug-likeness (QED) is 0.630. The number of aromatic nitrogens is 2. The van der Waals surface area contributed by atoms with Crippen LogP contribution in [-0.2, 0) is 12.8 Å². The van der Waals surface area contributed by atoms with Crippen LogP contribution in [0.15, 0.2) is 54.7 Å². The Morgan fingerprint density at radius 1 is 1.04 bits per heavy atom. The molecule has 28 heavy (non-hydrogen) atoms. The molecule has 1 amide bonds. The summed E-state index contributed by atoms with van der Waals surface area (Å²) in [6.45, 7) is 4.22. The van der Waals surface area contributed by atoms with Crippen molar-refractivity contribution in [1.82, 2.24) is 9.97 Å². The fourth-order valence-electron chi connectivity index (χ4n) is 2.96. The van der Waals surface area contributed by atoms with E-state index in [4.69, 9.17) is 4.74 Å². The van der Waals surface area contributed by atoms with Gasteiger partial charge in [0.05, 0.1) is 7.11 Å². The lowest BCUT2D eigenvalue weighted by Gasteiger charge is -2.14. The maximum Gasteiger partial charge on any atom is 0.274 e. The van der Waals surface area contributed by atoms with Gasteiger partial charge in [-0.3, -0.25) is 4.79 Å². The smallest absolute Gasteiger partial charge is 0.274 e. The van der Waals surface area contributed by atoms with Crippen LogP contribution < -0.4 is 15.4 Å². The van der Waals surface area contributed by atoms with Gasteiger partial charge in [-0.15, -0.1) is 0 Å². The van der Waals surface area contributed by atoms with E-state index in [0.29, 0.717) is 17.4 Å². The summed E-state index contributed by atoms with van der Waals surface area (Å²) in [5.41, 5.74) is 4.32. The molecule has 0 bridgehead atoms. The zero-order chi connectivity index (χ0) is 19.9. The standard InChI is InChI=1S/C22H24N4O2/c1-4-15-8-6-9-16(5-2)20(15)26-22-23-13-12-19(25-22)21(27)24-17-10-7-11-18(14-17)28-3/h6-14H,4-5H2,1-3H3,(H,24,27)(H,23,25,26). The van der Waals surface area contributed by atoms with Gasteiger partial charge in [0.25, 0.3) is 5.91 Å². The molecule has 0 fully saturated rings. The van der Waals surface area contributed by atoms with Crippen LogP contribution in [0.25, 0.3) is 0 Å². The van der Waals surface area contributed by atoms with E-state index < -0.39 is 0 Å². The number of carbonyl (C=O) groups excluding carboxylic acids is 1. The molecular formula is C22H24N4O2. The Labute approximate surface area is 165 Å². The SMILES string of the molecule is CCc1cccc(CC)c1Nc1nccc(C(=O)Nc2cccc(OC)c2)n1. The first-order valence-corrected chi connectivity index (χ1v) is 9.30. The number of aryl methyl sites for hydroxylation is 2. The number of benzene rings is 2. The van der Waals surface area contributed by atoms with Gasteiger partial charge >= 0.3 is 0 Å². The molecule has 144 valence electrons. The number of hydrogen-bond acceptors (Lipinski definition) is 5. The largest absolute Gasteiger partial charge is 0.497 e. The highest BCUT2D eigenvalue weighted by atomic mass is 16.5. The molecule has 3 rings (SSSR count). The summed E-state index contributed by atoms with van der Waals surface area (Å²) in [4.78, 5) is 21.3. The normalized spacial score (nSPS) is 10.4. The number of hydrogen-bond donors (Lipinski definition) is 2. The summed E-state index contributed by atoms with van der Waals surface area (Å²) in [7, 11) is 1.59. The highest BCUT2D eigenvalue weighted by Gasteiger charge is 2.12. The highest BCUT2D eigenvalue weighted by Crippen LogP contribution is 2.25. The second kappa shape index (κ2) is 8.99. The zero-order valence-corrected chi connectivity index (χ0v) is 16.3. The first-order valence-electron chi connectivity index (χ1n) is 9.30. The van der Waals surface area contributed by atoms with Crippen LogP contribution in [0, 0.1) is 0 Å². The average molecular weight is 376 g/mol. The van der Waals surface area contributed by atoms with Crippen molar-refractivity contribution in [1.29, 1.82) is 0 Å². The van der Waals surface area contributed by atoms with E-state index in [9.17, 15) is 4.79 Å². The van der Waals surface area contributed by atoms with Gasteiger partial charge in [-0.05, 0) is 42.2 Å². The molecule has 0 unspecified atom stereocenters. The molecule has 3 aromatic rings. The number of carbonyl (C=O) groups is 1. The van der Waals surface area contributed by atoms with Crippen molar-refractivity contribution in [2.24, 2.45) is 0 Å².